The maximum absolute atomic E-state index is 11.0. The molecule has 0 saturated heterocycles. The Morgan fingerprint density at radius 3 is 2.69 bits per heavy atom. The number of halogens is 2. The lowest BCUT2D eigenvalue weighted by Gasteiger charge is -1.93. The van der Waals surface area contributed by atoms with Gasteiger partial charge in [-0.25, -0.2) is 13.5 Å². The van der Waals surface area contributed by atoms with Crippen LogP contribution in [0.15, 0.2) is 28.1 Å². The smallest absolute Gasteiger partial charge is 0.263 e. The molecule has 0 aliphatic heterocycles. The molecule has 0 unspecified atom stereocenters. The van der Waals surface area contributed by atoms with E-state index in [4.69, 9.17) is 10.7 Å². The molecule has 6 nitrogen and oxygen atoms in total. The summed E-state index contributed by atoms with van der Waals surface area (Å²) in [4.78, 5) is 7.65. The number of hydrogen-bond acceptors (Lipinski definition) is 5. The van der Waals surface area contributed by atoms with Gasteiger partial charge in [-0.2, -0.15) is 10.1 Å². The summed E-state index contributed by atoms with van der Waals surface area (Å²) in [5.74, 6) is 0.216. The van der Waals surface area contributed by atoms with E-state index >= 15 is 0 Å². The molecule has 9 heteroatoms. The highest BCUT2D eigenvalue weighted by atomic mass is 79.9. The molecule has 0 aromatic carbocycles. The van der Waals surface area contributed by atoms with Crippen LogP contribution in [0, 0.1) is 0 Å². The Morgan fingerprint density at radius 1 is 1.38 bits per heavy atom. The maximum atomic E-state index is 11.0. The SMILES string of the molecule is O=S(=O)(Cl)c1nc(-c2cncc(Br)c2)n[nH]1. The summed E-state index contributed by atoms with van der Waals surface area (Å²) < 4.78 is 22.6. The zero-order valence-electron chi connectivity index (χ0n) is 7.55. The molecule has 0 amide bonds. The van der Waals surface area contributed by atoms with Crippen molar-refractivity contribution in [2.75, 3.05) is 0 Å². The van der Waals surface area contributed by atoms with Crippen LogP contribution >= 0.6 is 26.6 Å². The maximum Gasteiger partial charge on any atom is 0.296 e. The molecule has 2 aromatic rings. The molecule has 0 atom stereocenters. The molecule has 0 saturated carbocycles. The molecule has 0 radical (unpaired) electrons. The predicted octanol–water partition coefficient (Wildman–Crippen LogP) is 1.56. The second-order valence-corrected chi connectivity index (χ2v) is 6.19. The Morgan fingerprint density at radius 2 is 2.12 bits per heavy atom. The van der Waals surface area contributed by atoms with Crippen molar-refractivity contribution >= 4 is 35.7 Å². The zero-order valence-corrected chi connectivity index (χ0v) is 10.7. The van der Waals surface area contributed by atoms with Crippen molar-refractivity contribution in [1.29, 1.82) is 0 Å². The van der Waals surface area contributed by atoms with Gasteiger partial charge in [-0.1, -0.05) is 0 Å². The van der Waals surface area contributed by atoms with E-state index in [1.54, 1.807) is 12.3 Å². The molecule has 0 bridgehead atoms. The molecule has 0 aliphatic carbocycles. The summed E-state index contributed by atoms with van der Waals surface area (Å²) in [6, 6.07) is 1.71. The minimum absolute atomic E-state index is 0.216. The average Bonchev–Trinajstić information content (AvgIpc) is 2.65. The van der Waals surface area contributed by atoms with Gasteiger partial charge >= 0.3 is 0 Å². The molecule has 84 valence electrons. The third-order valence-corrected chi connectivity index (χ3v) is 3.18. The van der Waals surface area contributed by atoms with Crippen LogP contribution in [0.1, 0.15) is 0 Å². The lowest BCUT2D eigenvalue weighted by Crippen LogP contribution is -1.92. The zero-order chi connectivity index (χ0) is 11.8. The van der Waals surface area contributed by atoms with Gasteiger partial charge in [0, 0.05) is 33.1 Å². The van der Waals surface area contributed by atoms with Crippen LogP contribution in [0.4, 0.5) is 0 Å². The fourth-order valence-corrected chi connectivity index (χ4v) is 1.94. The number of rotatable bonds is 2. The molecule has 2 rings (SSSR count). The number of hydrogen-bond donors (Lipinski definition) is 1. The molecule has 0 fully saturated rings. The van der Waals surface area contributed by atoms with Crippen molar-refractivity contribution in [2.24, 2.45) is 0 Å². The highest BCUT2D eigenvalue weighted by molar-refractivity contribution is 9.10. The predicted molar refractivity (Wildman–Crippen MR) is 60.4 cm³/mol. The normalized spacial score (nSPS) is 11.6. The standard InChI is InChI=1S/C7H4BrClN4O2S/c8-5-1-4(2-10-3-5)6-11-7(13-12-6)16(9,14)15/h1-3H,(H,11,12,13). The van der Waals surface area contributed by atoms with Crippen molar-refractivity contribution in [3.63, 3.8) is 0 Å². The van der Waals surface area contributed by atoms with Crippen molar-refractivity contribution in [2.45, 2.75) is 5.16 Å². The van der Waals surface area contributed by atoms with Crippen LogP contribution in [0.25, 0.3) is 11.4 Å². The first-order chi connectivity index (χ1) is 7.47. The Labute approximate surface area is 104 Å². The Kier molecular flexibility index (Phi) is 2.96. The number of nitrogens with one attached hydrogen (secondary N) is 1. The third-order valence-electron chi connectivity index (χ3n) is 1.66. The topological polar surface area (TPSA) is 88.6 Å². The van der Waals surface area contributed by atoms with E-state index in [2.05, 4.69) is 36.1 Å². The fourth-order valence-electron chi connectivity index (χ4n) is 1.02. The minimum atomic E-state index is -3.89. The van der Waals surface area contributed by atoms with Gasteiger partial charge in [0.1, 0.15) is 0 Å². The average molecular weight is 324 g/mol. The third kappa shape index (κ3) is 2.39. The van der Waals surface area contributed by atoms with Gasteiger partial charge in [-0.3, -0.25) is 4.98 Å². The lowest BCUT2D eigenvalue weighted by molar-refractivity contribution is 0.602. The van der Waals surface area contributed by atoms with Crippen LogP contribution < -0.4 is 0 Å². The number of aromatic amines is 1. The van der Waals surface area contributed by atoms with E-state index in [9.17, 15) is 8.42 Å². The van der Waals surface area contributed by atoms with Crippen molar-refractivity contribution in [3.8, 4) is 11.4 Å². The van der Waals surface area contributed by atoms with Gasteiger partial charge in [0.15, 0.2) is 5.82 Å². The van der Waals surface area contributed by atoms with E-state index in [0.717, 1.165) is 4.47 Å². The van der Waals surface area contributed by atoms with Crippen LogP contribution in [-0.4, -0.2) is 28.6 Å². The second-order valence-electron chi connectivity index (χ2n) is 2.79. The molecule has 0 spiro atoms. The van der Waals surface area contributed by atoms with Gasteiger partial charge in [0.2, 0.25) is 0 Å². The largest absolute Gasteiger partial charge is 0.296 e. The Hall–Kier alpha value is -0.990. The van der Waals surface area contributed by atoms with Gasteiger partial charge in [-0.15, -0.1) is 0 Å². The first-order valence-electron chi connectivity index (χ1n) is 3.95. The second kappa shape index (κ2) is 4.11. The number of nitrogens with zero attached hydrogens (tertiary/aromatic N) is 3. The first kappa shape index (κ1) is 11.5. The quantitative estimate of drug-likeness (QED) is 0.847. The van der Waals surface area contributed by atoms with E-state index in [-0.39, 0.29) is 11.0 Å². The molecule has 2 aromatic heterocycles. The number of aromatic nitrogens is 4. The molecule has 0 aliphatic rings. The van der Waals surface area contributed by atoms with Crippen LogP contribution in [-0.2, 0) is 9.05 Å². The summed E-state index contributed by atoms with van der Waals surface area (Å²) in [6.07, 6.45) is 3.11. The van der Waals surface area contributed by atoms with E-state index in [0.29, 0.717) is 5.56 Å². The van der Waals surface area contributed by atoms with Crippen LogP contribution in [0.3, 0.4) is 0 Å². The highest BCUT2D eigenvalue weighted by Gasteiger charge is 2.16. The van der Waals surface area contributed by atoms with Gasteiger partial charge in [0.05, 0.1) is 0 Å². The number of pyridine rings is 1. The molecular formula is C7H4BrClN4O2S. The summed E-state index contributed by atoms with van der Waals surface area (Å²) in [7, 11) is 1.22. The van der Waals surface area contributed by atoms with Gasteiger partial charge < -0.3 is 0 Å². The van der Waals surface area contributed by atoms with Gasteiger partial charge in [-0.05, 0) is 22.0 Å². The van der Waals surface area contributed by atoms with Crippen molar-refractivity contribution in [1.82, 2.24) is 20.2 Å². The Bertz CT molecular complexity index is 627. The highest BCUT2D eigenvalue weighted by Crippen LogP contribution is 2.19. The molecule has 16 heavy (non-hydrogen) atoms. The van der Waals surface area contributed by atoms with Crippen LogP contribution in [0.5, 0.6) is 0 Å². The Balaban J connectivity index is 2.47. The lowest BCUT2D eigenvalue weighted by atomic mass is 10.3. The van der Waals surface area contributed by atoms with E-state index in [1.807, 2.05) is 0 Å². The fraction of sp³-hybridized carbons (Fsp3) is 0. The molecular weight excluding hydrogens is 320 g/mol. The van der Waals surface area contributed by atoms with Crippen molar-refractivity contribution in [3.05, 3.63) is 22.9 Å². The van der Waals surface area contributed by atoms with Crippen molar-refractivity contribution < 1.29 is 8.42 Å². The number of H-pyrrole nitrogens is 1. The molecule has 1 N–H and O–H groups in total. The monoisotopic (exact) mass is 322 g/mol. The van der Waals surface area contributed by atoms with E-state index < -0.39 is 9.05 Å². The van der Waals surface area contributed by atoms with E-state index in [1.165, 1.54) is 6.20 Å². The first-order valence-corrected chi connectivity index (χ1v) is 7.05. The summed E-state index contributed by atoms with van der Waals surface area (Å²) >= 11 is 3.23. The van der Waals surface area contributed by atoms with Gasteiger partial charge in [0.25, 0.3) is 14.2 Å². The minimum Gasteiger partial charge on any atom is -0.263 e. The summed E-state index contributed by atoms with van der Waals surface area (Å²) in [5, 5.41) is 5.59. The molecule has 2 heterocycles. The summed E-state index contributed by atoms with van der Waals surface area (Å²) in [5.41, 5.74) is 0.581. The van der Waals surface area contributed by atoms with Crippen LogP contribution in [0.2, 0.25) is 0 Å². The summed E-state index contributed by atoms with van der Waals surface area (Å²) in [6.45, 7) is 0.